The van der Waals surface area contributed by atoms with Gasteiger partial charge >= 0.3 is 0 Å². The Morgan fingerprint density at radius 3 is 2.56 bits per heavy atom. The predicted octanol–water partition coefficient (Wildman–Crippen LogP) is 5.34. The van der Waals surface area contributed by atoms with Crippen LogP contribution in [0.3, 0.4) is 0 Å². The smallest absolute Gasteiger partial charge is 0.258 e. The van der Waals surface area contributed by atoms with Crippen LogP contribution < -0.4 is 5.32 Å². The van der Waals surface area contributed by atoms with E-state index in [9.17, 15) is 4.79 Å². The third-order valence-corrected chi connectivity index (χ3v) is 4.38. The van der Waals surface area contributed by atoms with E-state index in [0.717, 1.165) is 10.0 Å². The average molecular weight is 471 g/mol. The zero-order valence-electron chi connectivity index (χ0n) is 14.7. The first-order valence-electron chi connectivity index (χ1n) is 7.89. The Morgan fingerprint density at radius 1 is 1.22 bits per heavy atom. The molecule has 0 bridgehead atoms. The van der Waals surface area contributed by atoms with Crippen LogP contribution in [-0.4, -0.2) is 31.1 Å². The highest BCUT2D eigenvalue weighted by atomic mass is 79.9. The number of carbonyl (C=O) groups excluding carboxylic acids is 1. The van der Waals surface area contributed by atoms with Crippen LogP contribution in [-0.2, 0) is 16.2 Å². The minimum absolute atomic E-state index is 0.163. The molecule has 2 aromatic carbocycles. The molecule has 2 aromatic rings. The first kappa shape index (κ1) is 21.3. The third-order valence-electron chi connectivity index (χ3n) is 3.26. The van der Waals surface area contributed by atoms with E-state index in [-0.39, 0.29) is 12.5 Å². The lowest BCUT2D eigenvalue weighted by Gasteiger charge is -2.10. The standard InChI is InChI=1S/C19H18BrCl2N3O2/c1-25(2)11-14(19(26)24-17-7-4-15(20)5-8-17)10-23-27-12-13-3-6-16(21)9-18(13)22/h3-11H,12H2,1-2H3,(H,24,26). The molecule has 27 heavy (non-hydrogen) atoms. The van der Waals surface area contributed by atoms with Gasteiger partial charge in [-0.2, -0.15) is 0 Å². The quantitative estimate of drug-likeness (QED) is 0.337. The summed E-state index contributed by atoms with van der Waals surface area (Å²) in [7, 11) is 3.63. The van der Waals surface area contributed by atoms with Gasteiger partial charge < -0.3 is 15.1 Å². The van der Waals surface area contributed by atoms with Gasteiger partial charge in [-0.1, -0.05) is 50.4 Å². The summed E-state index contributed by atoms with van der Waals surface area (Å²) in [6, 6.07) is 12.4. The SMILES string of the molecule is CN(C)C=C(C=NOCc1ccc(Cl)cc1Cl)C(=O)Nc1ccc(Br)cc1. The van der Waals surface area contributed by atoms with Gasteiger partial charge in [-0.15, -0.1) is 0 Å². The summed E-state index contributed by atoms with van der Waals surface area (Å²) in [5, 5.41) is 7.74. The lowest BCUT2D eigenvalue weighted by atomic mass is 10.2. The van der Waals surface area contributed by atoms with E-state index in [2.05, 4.69) is 26.4 Å². The highest BCUT2D eigenvalue weighted by Crippen LogP contribution is 2.21. The molecule has 0 spiro atoms. The van der Waals surface area contributed by atoms with Crippen LogP contribution in [0.1, 0.15) is 5.56 Å². The Labute approximate surface area is 176 Å². The van der Waals surface area contributed by atoms with Crippen LogP contribution >= 0.6 is 39.1 Å². The minimum atomic E-state index is -0.303. The zero-order chi connectivity index (χ0) is 19.8. The second-order valence-electron chi connectivity index (χ2n) is 5.75. The molecule has 0 aliphatic rings. The monoisotopic (exact) mass is 469 g/mol. The second-order valence-corrected chi connectivity index (χ2v) is 7.51. The fourth-order valence-corrected chi connectivity index (χ4v) is 2.73. The fraction of sp³-hybridized carbons (Fsp3) is 0.158. The third kappa shape index (κ3) is 7.25. The first-order chi connectivity index (χ1) is 12.8. The molecule has 0 unspecified atom stereocenters. The number of hydrogen-bond donors (Lipinski definition) is 1. The van der Waals surface area contributed by atoms with Gasteiger partial charge in [0.2, 0.25) is 0 Å². The molecule has 0 aliphatic heterocycles. The van der Waals surface area contributed by atoms with Crippen molar-refractivity contribution in [1.82, 2.24) is 4.90 Å². The van der Waals surface area contributed by atoms with E-state index in [1.807, 2.05) is 26.2 Å². The average Bonchev–Trinajstić information content (AvgIpc) is 2.60. The summed E-state index contributed by atoms with van der Waals surface area (Å²) in [5.74, 6) is -0.303. The Bertz CT molecular complexity index is 853. The summed E-state index contributed by atoms with van der Waals surface area (Å²) in [6.45, 7) is 0.163. The predicted molar refractivity (Wildman–Crippen MR) is 114 cm³/mol. The fourth-order valence-electron chi connectivity index (χ4n) is 2.00. The molecule has 0 aliphatic carbocycles. The number of hydrogen-bond acceptors (Lipinski definition) is 4. The van der Waals surface area contributed by atoms with E-state index in [1.165, 1.54) is 6.21 Å². The normalized spacial score (nSPS) is 11.5. The van der Waals surface area contributed by atoms with Gasteiger partial charge in [0, 0.05) is 46.1 Å². The number of anilines is 1. The van der Waals surface area contributed by atoms with Crippen molar-refractivity contribution in [2.45, 2.75) is 6.61 Å². The first-order valence-corrected chi connectivity index (χ1v) is 9.44. The van der Waals surface area contributed by atoms with Crippen LogP contribution in [0.5, 0.6) is 0 Å². The number of rotatable bonds is 7. The van der Waals surface area contributed by atoms with Gasteiger partial charge in [-0.05, 0) is 36.4 Å². The molecule has 0 saturated heterocycles. The van der Waals surface area contributed by atoms with Crippen LogP contribution in [0.4, 0.5) is 5.69 Å². The zero-order valence-corrected chi connectivity index (χ0v) is 17.8. The topological polar surface area (TPSA) is 53.9 Å². The van der Waals surface area contributed by atoms with Crippen molar-refractivity contribution in [1.29, 1.82) is 0 Å². The molecular weight excluding hydrogens is 453 g/mol. The molecule has 2 rings (SSSR count). The molecule has 0 aromatic heterocycles. The summed E-state index contributed by atoms with van der Waals surface area (Å²) in [5.41, 5.74) is 1.76. The van der Waals surface area contributed by atoms with Crippen LogP contribution in [0.2, 0.25) is 10.0 Å². The Kier molecular flexibility index (Phi) is 8.16. The maximum absolute atomic E-state index is 12.5. The molecule has 0 atom stereocenters. The van der Waals surface area contributed by atoms with E-state index in [4.69, 9.17) is 28.0 Å². The van der Waals surface area contributed by atoms with Crippen LogP contribution in [0.15, 0.2) is 63.9 Å². The van der Waals surface area contributed by atoms with Gasteiger partial charge in [0.1, 0.15) is 6.61 Å². The van der Waals surface area contributed by atoms with E-state index in [1.54, 1.807) is 41.4 Å². The van der Waals surface area contributed by atoms with Crippen molar-refractivity contribution in [2.75, 3.05) is 19.4 Å². The van der Waals surface area contributed by atoms with Gasteiger partial charge in [0.15, 0.2) is 0 Å². The summed E-state index contributed by atoms with van der Waals surface area (Å²) in [4.78, 5) is 19.5. The lowest BCUT2D eigenvalue weighted by Crippen LogP contribution is -2.18. The van der Waals surface area contributed by atoms with Crippen molar-refractivity contribution in [2.24, 2.45) is 5.16 Å². The van der Waals surface area contributed by atoms with Crippen molar-refractivity contribution >= 4 is 56.9 Å². The van der Waals surface area contributed by atoms with Crippen molar-refractivity contribution < 1.29 is 9.63 Å². The minimum Gasteiger partial charge on any atom is -0.391 e. The lowest BCUT2D eigenvalue weighted by molar-refractivity contribution is -0.112. The second kappa shape index (κ2) is 10.3. The summed E-state index contributed by atoms with van der Waals surface area (Å²) < 4.78 is 0.931. The van der Waals surface area contributed by atoms with Gasteiger partial charge in [-0.25, -0.2) is 0 Å². The maximum Gasteiger partial charge on any atom is 0.258 e. The Hall–Kier alpha value is -2.02. The molecule has 0 heterocycles. The van der Waals surface area contributed by atoms with Crippen molar-refractivity contribution in [3.05, 3.63) is 74.3 Å². The Morgan fingerprint density at radius 2 is 1.93 bits per heavy atom. The number of oxime groups is 1. The number of amides is 1. The summed E-state index contributed by atoms with van der Waals surface area (Å²) in [6.07, 6.45) is 3.01. The summed E-state index contributed by atoms with van der Waals surface area (Å²) >= 11 is 15.3. The van der Waals surface area contributed by atoms with Crippen LogP contribution in [0.25, 0.3) is 0 Å². The number of nitrogens with one attached hydrogen (secondary N) is 1. The molecule has 0 radical (unpaired) electrons. The van der Waals surface area contributed by atoms with Gasteiger partial charge in [-0.3, -0.25) is 4.79 Å². The molecule has 5 nitrogen and oxygen atoms in total. The molecule has 8 heteroatoms. The highest BCUT2D eigenvalue weighted by Gasteiger charge is 2.09. The molecular formula is C19H18BrCl2N3O2. The molecule has 0 saturated carbocycles. The van der Waals surface area contributed by atoms with Gasteiger partial charge in [0.05, 0.1) is 11.8 Å². The van der Waals surface area contributed by atoms with Gasteiger partial charge in [0.25, 0.3) is 5.91 Å². The number of carbonyl (C=O) groups is 1. The molecule has 0 fully saturated rings. The van der Waals surface area contributed by atoms with Crippen molar-refractivity contribution in [3.63, 3.8) is 0 Å². The van der Waals surface area contributed by atoms with E-state index >= 15 is 0 Å². The number of halogens is 3. The van der Waals surface area contributed by atoms with Crippen LogP contribution in [0, 0.1) is 0 Å². The molecule has 142 valence electrons. The number of nitrogens with zero attached hydrogens (tertiary/aromatic N) is 2. The van der Waals surface area contributed by atoms with E-state index in [0.29, 0.717) is 21.3 Å². The maximum atomic E-state index is 12.5. The number of benzene rings is 2. The Balaban J connectivity index is 2.01. The highest BCUT2D eigenvalue weighted by molar-refractivity contribution is 9.10. The van der Waals surface area contributed by atoms with E-state index < -0.39 is 0 Å². The largest absolute Gasteiger partial charge is 0.391 e. The molecule has 1 amide bonds. The van der Waals surface area contributed by atoms with Crippen molar-refractivity contribution in [3.8, 4) is 0 Å². The molecule has 1 N–H and O–H groups in total.